The Kier molecular flexibility index (Phi) is 7.74. The van der Waals surface area contributed by atoms with E-state index in [2.05, 4.69) is 11.4 Å². The van der Waals surface area contributed by atoms with Gasteiger partial charge < -0.3 is 4.70 Å². The Morgan fingerprint density at radius 2 is 2.38 bits per heavy atom. The maximum Gasteiger partial charge on any atom is 0.389 e. The summed E-state index contributed by atoms with van der Waals surface area (Å²) in [4.78, 5) is 14.3. The van der Waals surface area contributed by atoms with Crippen molar-refractivity contribution in [3.8, 4) is 0 Å². The van der Waals surface area contributed by atoms with Crippen molar-refractivity contribution in [1.82, 2.24) is 0 Å². The molecule has 0 aromatic rings. The molecule has 0 amide bonds. The molecule has 4 heteroatoms. The third kappa shape index (κ3) is 5.10. The summed E-state index contributed by atoms with van der Waals surface area (Å²) in [5.41, 5.74) is 1.31. The summed E-state index contributed by atoms with van der Waals surface area (Å²) in [5.74, 6) is -0.414. The van der Waals surface area contributed by atoms with Crippen LogP contribution in [0, 0.1) is 0 Å². The van der Waals surface area contributed by atoms with Crippen molar-refractivity contribution in [3.63, 3.8) is 0 Å². The van der Waals surface area contributed by atoms with E-state index in [9.17, 15) is 4.79 Å². The molecule has 0 unspecified atom stereocenters. The average molecular weight is 121 g/mol. The molecule has 0 rings (SSSR count). The number of hydrogen-bond acceptors (Lipinski definition) is 2. The maximum absolute atomic E-state index is 10.0. The zero-order valence-corrected chi connectivity index (χ0v) is 4.56. The van der Waals surface area contributed by atoms with Gasteiger partial charge in [-0.3, -0.25) is 4.84 Å². The van der Waals surface area contributed by atoms with Crippen LogP contribution in [0.25, 0.3) is 0 Å². The molecule has 0 saturated carbocycles. The van der Waals surface area contributed by atoms with E-state index in [1.165, 1.54) is 5.48 Å². The third-order valence-electron chi connectivity index (χ3n) is 0.401. The number of nitrogens with two attached hydrogens (primary N) is 1. The highest BCUT2D eigenvalue weighted by Gasteiger charge is 1.90. The van der Waals surface area contributed by atoms with Crippen molar-refractivity contribution >= 4 is 5.97 Å². The zero-order chi connectivity index (χ0) is 5.70. The molecule has 0 aromatic carbocycles. The summed E-state index contributed by atoms with van der Waals surface area (Å²) in [7, 11) is 1.63. The fraction of sp³-hybridized carbons (Fsp3) is 0.250. The fourth-order valence-corrected chi connectivity index (χ4v) is 0.164. The van der Waals surface area contributed by atoms with Crippen molar-refractivity contribution in [2.45, 2.75) is 0 Å². The van der Waals surface area contributed by atoms with Gasteiger partial charge in [-0.05, 0) is 0 Å². The zero-order valence-electron chi connectivity index (χ0n) is 4.56. The molecule has 3 nitrogen and oxygen atoms in total. The lowest BCUT2D eigenvalue weighted by Crippen LogP contribution is -3.00. The maximum atomic E-state index is 10.0. The van der Waals surface area contributed by atoms with Crippen LogP contribution in [0.15, 0.2) is 12.7 Å². The van der Waals surface area contributed by atoms with Gasteiger partial charge >= 0.3 is 5.97 Å². The third-order valence-corrected chi connectivity index (χ3v) is 0.401. The van der Waals surface area contributed by atoms with Crippen molar-refractivity contribution in [1.29, 1.82) is 0 Å². The predicted molar refractivity (Wildman–Crippen MR) is 24.1 cm³/mol. The molecule has 0 aromatic heterocycles. The number of quaternary nitrogens is 1. The van der Waals surface area contributed by atoms with Gasteiger partial charge in [0.25, 0.3) is 0 Å². The summed E-state index contributed by atoms with van der Waals surface area (Å²) in [6, 6.07) is 0. The van der Waals surface area contributed by atoms with Gasteiger partial charge in [-0.2, -0.15) is 5.48 Å². The minimum absolute atomic E-state index is 0. The number of rotatable bonds is 2. The first-order valence-corrected chi connectivity index (χ1v) is 1.92. The first kappa shape index (κ1) is 10.2. The standard InChI is InChI=1S/C4H7NO2.FH/c1-3-4(6)7-5-2;/h3,5H,1H2,2H3;1H. The van der Waals surface area contributed by atoms with Crippen LogP contribution < -0.4 is 10.2 Å². The molecule has 0 atom stereocenters. The van der Waals surface area contributed by atoms with E-state index in [1.807, 2.05) is 0 Å². The van der Waals surface area contributed by atoms with Crippen molar-refractivity contribution < 1.29 is 19.8 Å². The minimum atomic E-state index is -0.414. The van der Waals surface area contributed by atoms with Crippen LogP contribution in [0.3, 0.4) is 0 Å². The molecule has 0 aliphatic heterocycles. The summed E-state index contributed by atoms with van der Waals surface area (Å²) in [5, 5.41) is 0. The lowest BCUT2D eigenvalue weighted by molar-refractivity contribution is -0.852. The van der Waals surface area contributed by atoms with E-state index in [4.69, 9.17) is 0 Å². The van der Waals surface area contributed by atoms with Gasteiger partial charge in [-0.1, -0.05) is 6.58 Å². The van der Waals surface area contributed by atoms with Gasteiger partial charge in [-0.25, -0.2) is 4.79 Å². The highest BCUT2D eigenvalue weighted by atomic mass is 19.0. The van der Waals surface area contributed by atoms with Gasteiger partial charge in [0.05, 0.1) is 0 Å². The predicted octanol–water partition coefficient (Wildman–Crippen LogP) is -4.17. The molecule has 0 fully saturated rings. The van der Waals surface area contributed by atoms with Gasteiger partial charge in [0.15, 0.2) is 0 Å². The first-order chi connectivity index (χ1) is 3.31. The van der Waals surface area contributed by atoms with Crippen molar-refractivity contribution in [2.24, 2.45) is 0 Å². The molecule has 0 radical (unpaired) electrons. The van der Waals surface area contributed by atoms with Crippen molar-refractivity contribution in [2.75, 3.05) is 7.05 Å². The Balaban J connectivity index is 0. The highest BCUT2D eigenvalue weighted by molar-refractivity contribution is 5.80. The highest BCUT2D eigenvalue weighted by Crippen LogP contribution is 1.63. The number of hydrogen-bond donors (Lipinski definition) is 1. The van der Waals surface area contributed by atoms with E-state index in [0.29, 0.717) is 0 Å². The Morgan fingerprint density at radius 1 is 1.88 bits per heavy atom. The monoisotopic (exact) mass is 121 g/mol. The Morgan fingerprint density at radius 3 is 2.50 bits per heavy atom. The minimum Gasteiger partial charge on any atom is -1.00 e. The van der Waals surface area contributed by atoms with Gasteiger partial charge in [0.1, 0.15) is 7.05 Å². The van der Waals surface area contributed by atoms with E-state index >= 15 is 0 Å². The molecular formula is C4H8FNO2. The summed E-state index contributed by atoms with van der Waals surface area (Å²) >= 11 is 0. The molecule has 0 saturated heterocycles. The Labute approximate surface area is 46.7 Å². The van der Waals surface area contributed by atoms with Crippen LogP contribution >= 0.6 is 0 Å². The smallest absolute Gasteiger partial charge is 0.389 e. The summed E-state index contributed by atoms with van der Waals surface area (Å²) in [6.07, 6.45) is 1.11. The van der Waals surface area contributed by atoms with Gasteiger partial charge in [0.2, 0.25) is 0 Å². The molecule has 0 aliphatic carbocycles. The number of halogens is 1. The van der Waals surface area contributed by atoms with Crippen LogP contribution in [0.4, 0.5) is 0 Å². The SMILES string of the molecule is C=CC(=O)O[NH2+]C.[F-]. The topological polar surface area (TPSA) is 42.9 Å². The second-order valence-electron chi connectivity index (χ2n) is 0.877. The van der Waals surface area contributed by atoms with E-state index in [0.717, 1.165) is 6.08 Å². The summed E-state index contributed by atoms with van der Waals surface area (Å²) in [6.45, 7) is 3.18. The van der Waals surface area contributed by atoms with E-state index < -0.39 is 5.97 Å². The van der Waals surface area contributed by atoms with Crippen LogP contribution in [-0.4, -0.2) is 13.0 Å². The second kappa shape index (κ2) is 6.10. The van der Waals surface area contributed by atoms with E-state index in [-0.39, 0.29) is 4.70 Å². The quantitative estimate of drug-likeness (QED) is 0.297. The van der Waals surface area contributed by atoms with Crippen LogP contribution in [0.5, 0.6) is 0 Å². The summed E-state index contributed by atoms with van der Waals surface area (Å²) < 4.78 is 0. The molecule has 0 bridgehead atoms. The second-order valence-corrected chi connectivity index (χ2v) is 0.877. The first-order valence-electron chi connectivity index (χ1n) is 1.92. The number of hydroxylamine groups is 1. The lowest BCUT2D eigenvalue weighted by Gasteiger charge is -1.86. The average Bonchev–Trinajstić information content (AvgIpc) is 1.68. The number of carbonyl (C=O) groups is 1. The van der Waals surface area contributed by atoms with Gasteiger partial charge in [0, 0.05) is 6.08 Å². The molecular weight excluding hydrogens is 113 g/mol. The molecule has 48 valence electrons. The Bertz CT molecular complexity index is 84.1. The number of carbonyl (C=O) groups excluding carboxylic acids is 1. The van der Waals surface area contributed by atoms with Crippen LogP contribution in [0.1, 0.15) is 0 Å². The van der Waals surface area contributed by atoms with Crippen LogP contribution in [-0.2, 0) is 9.63 Å². The molecule has 0 heterocycles. The Hall–Kier alpha value is -0.900. The van der Waals surface area contributed by atoms with E-state index in [1.54, 1.807) is 7.05 Å². The normalized spacial score (nSPS) is 6.62. The molecule has 2 N–H and O–H groups in total. The molecule has 0 spiro atoms. The van der Waals surface area contributed by atoms with Gasteiger partial charge in [-0.15, -0.1) is 0 Å². The largest absolute Gasteiger partial charge is 1.00 e. The van der Waals surface area contributed by atoms with Crippen molar-refractivity contribution in [3.05, 3.63) is 12.7 Å². The fourth-order valence-electron chi connectivity index (χ4n) is 0.164. The molecule has 0 aliphatic rings. The molecule has 8 heavy (non-hydrogen) atoms. The lowest BCUT2D eigenvalue weighted by atomic mass is 10.7. The van der Waals surface area contributed by atoms with Crippen LogP contribution in [0.2, 0.25) is 0 Å².